The summed E-state index contributed by atoms with van der Waals surface area (Å²) in [6.07, 6.45) is 3.77. The molecule has 0 rings (SSSR count). The first-order chi connectivity index (χ1) is 6.26. The van der Waals surface area contributed by atoms with Crippen molar-refractivity contribution in [2.24, 2.45) is 0 Å². The number of amides is 1. The lowest BCUT2D eigenvalue weighted by molar-refractivity contribution is -0.124. The topological polar surface area (TPSA) is 20.3 Å². The molecule has 2 nitrogen and oxygen atoms in total. The summed E-state index contributed by atoms with van der Waals surface area (Å²) in [5.41, 5.74) is 0. The molecule has 0 saturated heterocycles. The summed E-state index contributed by atoms with van der Waals surface area (Å²) in [4.78, 5) is 12.8. The van der Waals surface area contributed by atoms with Crippen LogP contribution >= 0.6 is 0 Å². The molecule has 70 valence electrons. The van der Waals surface area contributed by atoms with E-state index >= 15 is 0 Å². The molecule has 2 heteroatoms. The zero-order valence-corrected chi connectivity index (χ0v) is 8.05. The summed E-state index contributed by atoms with van der Waals surface area (Å²) in [6.45, 7) is 9.93. The van der Waals surface area contributed by atoms with Crippen LogP contribution in [0.1, 0.15) is 13.3 Å². The van der Waals surface area contributed by atoms with E-state index in [1.165, 1.54) is 6.08 Å². The summed E-state index contributed by atoms with van der Waals surface area (Å²) in [6, 6.07) is 0. The first-order valence-corrected chi connectivity index (χ1v) is 4.24. The average molecular weight is 177 g/mol. The maximum atomic E-state index is 11.2. The lowest BCUT2D eigenvalue weighted by atomic mass is 10.4. The third-order valence-electron chi connectivity index (χ3n) is 1.41. The highest BCUT2D eigenvalue weighted by atomic mass is 16.2. The van der Waals surface area contributed by atoms with Gasteiger partial charge in [-0.15, -0.1) is 12.5 Å². The van der Waals surface area contributed by atoms with Crippen LogP contribution in [0.3, 0.4) is 0 Å². The molecular weight excluding hydrogens is 162 g/mol. The maximum Gasteiger partial charge on any atom is 0.247 e. The van der Waals surface area contributed by atoms with Gasteiger partial charge in [0.1, 0.15) is 0 Å². The molecule has 0 atom stereocenters. The monoisotopic (exact) mass is 177 g/mol. The van der Waals surface area contributed by atoms with Crippen LogP contribution in [0.5, 0.6) is 0 Å². The van der Waals surface area contributed by atoms with Gasteiger partial charge in [0.05, 0.1) is 6.54 Å². The quantitative estimate of drug-likeness (QED) is 0.363. The molecule has 0 aromatic rings. The summed E-state index contributed by atoms with van der Waals surface area (Å²) >= 11 is 0. The molecule has 0 N–H and O–H groups in total. The van der Waals surface area contributed by atoms with E-state index in [2.05, 4.69) is 25.0 Å². The second-order valence-electron chi connectivity index (χ2n) is 2.42. The third kappa shape index (κ3) is 4.86. The Morgan fingerprint density at radius 2 is 2.15 bits per heavy atom. The average Bonchev–Trinajstić information content (AvgIpc) is 2.16. The van der Waals surface area contributed by atoms with Crippen molar-refractivity contribution in [2.45, 2.75) is 13.3 Å². The van der Waals surface area contributed by atoms with E-state index in [0.29, 0.717) is 13.1 Å². The van der Waals surface area contributed by atoms with Gasteiger partial charge in [0.15, 0.2) is 0 Å². The minimum Gasteiger partial charge on any atom is -0.324 e. The van der Waals surface area contributed by atoms with Crippen LogP contribution in [-0.2, 0) is 4.79 Å². The van der Waals surface area contributed by atoms with Crippen LogP contribution in [0.25, 0.3) is 0 Å². The molecule has 0 saturated carbocycles. The molecule has 0 fully saturated rings. The predicted octanol–water partition coefficient (Wildman–Crippen LogP) is 1.60. The Kier molecular flexibility index (Phi) is 6.35. The molecule has 0 aliphatic rings. The van der Waals surface area contributed by atoms with Crippen molar-refractivity contribution in [3.63, 3.8) is 0 Å². The molecule has 0 bridgehead atoms. The van der Waals surface area contributed by atoms with Gasteiger partial charge in [0.2, 0.25) is 5.91 Å². The Bertz CT molecular complexity index is 245. The van der Waals surface area contributed by atoms with Crippen molar-refractivity contribution < 1.29 is 4.79 Å². The van der Waals surface area contributed by atoms with Crippen molar-refractivity contribution in [3.8, 4) is 11.8 Å². The van der Waals surface area contributed by atoms with Gasteiger partial charge in [0, 0.05) is 13.0 Å². The van der Waals surface area contributed by atoms with Gasteiger partial charge in [-0.1, -0.05) is 25.5 Å². The van der Waals surface area contributed by atoms with Crippen molar-refractivity contribution in [3.05, 3.63) is 25.3 Å². The summed E-state index contributed by atoms with van der Waals surface area (Å²) < 4.78 is 0. The standard InChI is InChI=1S/C11H15NO/c1-4-7-8-10-12(9-5-2)11(13)6-3/h5-6H,2-4,9-10H2,1H3. The van der Waals surface area contributed by atoms with Gasteiger partial charge in [-0.2, -0.15) is 0 Å². The zero-order chi connectivity index (χ0) is 10.1. The number of hydrogen-bond donors (Lipinski definition) is 0. The Labute approximate surface area is 79.9 Å². The third-order valence-corrected chi connectivity index (χ3v) is 1.41. The largest absolute Gasteiger partial charge is 0.324 e. The van der Waals surface area contributed by atoms with Gasteiger partial charge in [-0.3, -0.25) is 4.79 Å². The first kappa shape index (κ1) is 11.5. The molecular formula is C11H15NO. The van der Waals surface area contributed by atoms with Crippen molar-refractivity contribution in [2.75, 3.05) is 13.1 Å². The van der Waals surface area contributed by atoms with Gasteiger partial charge in [0.25, 0.3) is 0 Å². The minimum atomic E-state index is -0.106. The maximum absolute atomic E-state index is 11.2. The van der Waals surface area contributed by atoms with Gasteiger partial charge < -0.3 is 4.90 Å². The molecule has 0 heterocycles. The molecule has 13 heavy (non-hydrogen) atoms. The van der Waals surface area contributed by atoms with Gasteiger partial charge in [-0.25, -0.2) is 0 Å². The highest BCUT2D eigenvalue weighted by Gasteiger charge is 2.04. The van der Waals surface area contributed by atoms with E-state index in [4.69, 9.17) is 0 Å². The van der Waals surface area contributed by atoms with E-state index in [1.54, 1.807) is 11.0 Å². The number of carbonyl (C=O) groups excluding carboxylic acids is 1. The number of hydrogen-bond acceptors (Lipinski definition) is 1. The first-order valence-electron chi connectivity index (χ1n) is 4.24. The molecule has 0 radical (unpaired) electrons. The number of nitrogens with zero attached hydrogens (tertiary/aromatic N) is 1. The number of rotatable bonds is 4. The Morgan fingerprint density at radius 3 is 2.62 bits per heavy atom. The lowest BCUT2D eigenvalue weighted by Gasteiger charge is -2.15. The van der Waals surface area contributed by atoms with E-state index in [0.717, 1.165) is 6.42 Å². The summed E-state index contributed by atoms with van der Waals surface area (Å²) in [5, 5.41) is 0. The molecule has 0 aliphatic heterocycles. The van der Waals surface area contributed by atoms with E-state index in [1.807, 2.05) is 6.92 Å². The van der Waals surface area contributed by atoms with E-state index in [9.17, 15) is 4.79 Å². The van der Waals surface area contributed by atoms with Crippen LogP contribution < -0.4 is 0 Å². The fourth-order valence-corrected chi connectivity index (χ4v) is 0.794. The Balaban J connectivity index is 4.16. The second-order valence-corrected chi connectivity index (χ2v) is 2.42. The molecule has 0 unspecified atom stereocenters. The van der Waals surface area contributed by atoms with Crippen molar-refractivity contribution in [1.29, 1.82) is 0 Å². The van der Waals surface area contributed by atoms with Crippen LogP contribution in [0.4, 0.5) is 0 Å². The van der Waals surface area contributed by atoms with Gasteiger partial charge in [-0.05, 0) is 6.08 Å². The van der Waals surface area contributed by atoms with E-state index in [-0.39, 0.29) is 5.91 Å². The normalized spacial score (nSPS) is 8.08. The van der Waals surface area contributed by atoms with E-state index < -0.39 is 0 Å². The fourth-order valence-electron chi connectivity index (χ4n) is 0.794. The molecule has 0 aromatic carbocycles. The molecule has 1 amide bonds. The minimum absolute atomic E-state index is 0.106. The second kappa shape index (κ2) is 7.17. The van der Waals surface area contributed by atoms with Crippen molar-refractivity contribution >= 4 is 5.91 Å². The zero-order valence-electron chi connectivity index (χ0n) is 8.05. The Morgan fingerprint density at radius 1 is 1.46 bits per heavy atom. The van der Waals surface area contributed by atoms with Crippen LogP contribution in [0, 0.1) is 11.8 Å². The van der Waals surface area contributed by atoms with Crippen LogP contribution in [0.2, 0.25) is 0 Å². The lowest BCUT2D eigenvalue weighted by Crippen LogP contribution is -2.29. The Hall–Kier alpha value is -1.49. The molecule has 0 spiro atoms. The van der Waals surface area contributed by atoms with Crippen LogP contribution in [0.15, 0.2) is 25.3 Å². The van der Waals surface area contributed by atoms with Crippen molar-refractivity contribution in [1.82, 2.24) is 4.90 Å². The van der Waals surface area contributed by atoms with Crippen LogP contribution in [-0.4, -0.2) is 23.9 Å². The predicted molar refractivity (Wildman–Crippen MR) is 55.0 cm³/mol. The molecule has 0 aliphatic carbocycles. The highest BCUT2D eigenvalue weighted by Crippen LogP contribution is 1.90. The number of carbonyl (C=O) groups is 1. The smallest absolute Gasteiger partial charge is 0.247 e. The van der Waals surface area contributed by atoms with Gasteiger partial charge >= 0.3 is 0 Å². The molecule has 0 aromatic heterocycles. The summed E-state index contributed by atoms with van der Waals surface area (Å²) in [5.74, 6) is 5.69. The summed E-state index contributed by atoms with van der Waals surface area (Å²) in [7, 11) is 0. The highest BCUT2D eigenvalue weighted by molar-refractivity contribution is 5.87. The fraction of sp³-hybridized carbons (Fsp3) is 0.364. The SMILES string of the molecule is C=CCN(CC#CCC)C(=O)C=C.